The summed E-state index contributed by atoms with van der Waals surface area (Å²) in [5.41, 5.74) is 0.484. The molecule has 0 bridgehead atoms. The molecule has 1 aliphatic heterocycles. The lowest BCUT2D eigenvalue weighted by Gasteiger charge is -2.29. The fourth-order valence-corrected chi connectivity index (χ4v) is 3.94. The van der Waals surface area contributed by atoms with Gasteiger partial charge in [0.15, 0.2) is 11.6 Å². The first-order valence-electron chi connectivity index (χ1n) is 10.9. The lowest BCUT2D eigenvalue weighted by molar-refractivity contribution is -0.114. The summed E-state index contributed by atoms with van der Waals surface area (Å²) >= 11 is 5.67. The van der Waals surface area contributed by atoms with Crippen molar-refractivity contribution in [3.8, 4) is 5.75 Å². The number of amides is 1. The minimum Gasteiger partial charge on any atom is -0.491 e. The molecule has 0 radical (unpaired) electrons. The highest BCUT2D eigenvalue weighted by Gasteiger charge is 2.20. The molecule has 3 aromatic rings. The van der Waals surface area contributed by atoms with Crippen LogP contribution in [0.2, 0.25) is 5.02 Å². The number of carbonyl (C=O) groups is 1. The van der Waals surface area contributed by atoms with E-state index in [1.54, 1.807) is 6.07 Å². The Morgan fingerprint density at radius 1 is 1.23 bits per heavy atom. The van der Waals surface area contributed by atoms with Gasteiger partial charge < -0.3 is 20.3 Å². The number of anilines is 3. The molecule has 2 heterocycles. The molecule has 4 rings (SSSR count). The van der Waals surface area contributed by atoms with E-state index in [2.05, 4.69) is 39.1 Å². The molecule has 184 valence electrons. The van der Waals surface area contributed by atoms with Gasteiger partial charge in [0.1, 0.15) is 28.7 Å². The van der Waals surface area contributed by atoms with Gasteiger partial charge in [-0.2, -0.15) is 0 Å². The molecular weight excluding hydrogens is 483 g/mol. The minimum atomic E-state index is -1.17. The van der Waals surface area contributed by atoms with Crippen LogP contribution in [-0.4, -0.2) is 47.5 Å². The number of halogens is 4. The third-order valence-electron chi connectivity index (χ3n) is 5.83. The van der Waals surface area contributed by atoms with Crippen molar-refractivity contribution in [1.29, 1.82) is 0 Å². The molecule has 1 saturated heterocycles. The van der Waals surface area contributed by atoms with Crippen molar-refractivity contribution >= 4 is 45.6 Å². The van der Waals surface area contributed by atoms with Crippen LogP contribution in [0.15, 0.2) is 43.0 Å². The molecule has 1 fully saturated rings. The average Bonchev–Trinajstić information content (AvgIpc) is 2.84. The maximum absolute atomic E-state index is 14.4. The molecule has 7 nitrogen and oxygen atoms in total. The quantitative estimate of drug-likeness (QED) is 0.328. The Morgan fingerprint density at radius 2 is 1.97 bits per heavy atom. The number of rotatable bonds is 7. The fraction of sp³-hybridized carbons (Fsp3) is 0.292. The van der Waals surface area contributed by atoms with Gasteiger partial charge in [0.05, 0.1) is 23.5 Å². The minimum absolute atomic E-state index is 0.110. The number of hydrogen-bond donors (Lipinski definition) is 2. The van der Waals surface area contributed by atoms with Crippen molar-refractivity contribution in [2.24, 2.45) is 5.92 Å². The predicted octanol–water partition coefficient (Wildman–Crippen LogP) is 5.45. The van der Waals surface area contributed by atoms with Gasteiger partial charge in [-0.3, -0.25) is 4.79 Å². The van der Waals surface area contributed by atoms with Crippen molar-refractivity contribution in [2.45, 2.75) is 12.8 Å². The highest BCUT2D eigenvalue weighted by Crippen LogP contribution is 2.35. The Bertz CT molecular complexity index is 1280. The van der Waals surface area contributed by atoms with Crippen LogP contribution in [0.5, 0.6) is 5.75 Å². The Kier molecular flexibility index (Phi) is 7.42. The first-order chi connectivity index (χ1) is 16.7. The topological polar surface area (TPSA) is 79.4 Å². The smallest absolute Gasteiger partial charge is 0.283 e. The molecule has 0 unspecified atom stereocenters. The van der Waals surface area contributed by atoms with Gasteiger partial charge in [0, 0.05) is 11.5 Å². The summed E-state index contributed by atoms with van der Waals surface area (Å²) in [5.74, 6) is -3.30. The number of aromatic nitrogens is 2. The summed E-state index contributed by atoms with van der Waals surface area (Å²) in [5, 5.41) is 4.92. The van der Waals surface area contributed by atoms with Gasteiger partial charge >= 0.3 is 0 Å². The Morgan fingerprint density at radius 3 is 2.69 bits per heavy atom. The number of hydrogen-bond acceptors (Lipinski definition) is 6. The lowest BCUT2D eigenvalue weighted by Crippen LogP contribution is -2.32. The van der Waals surface area contributed by atoms with Gasteiger partial charge in [-0.05, 0) is 57.1 Å². The summed E-state index contributed by atoms with van der Waals surface area (Å²) < 4.78 is 47.5. The van der Waals surface area contributed by atoms with Crippen molar-refractivity contribution in [3.05, 3.63) is 59.7 Å². The summed E-state index contributed by atoms with van der Waals surface area (Å²) in [7, 11) is 2.06. The summed E-state index contributed by atoms with van der Waals surface area (Å²) in [6.07, 6.45) is 3.19. The summed E-state index contributed by atoms with van der Waals surface area (Å²) in [6, 6.07) is 5.28. The second-order valence-electron chi connectivity index (χ2n) is 8.35. The van der Waals surface area contributed by atoms with Crippen molar-refractivity contribution < 1.29 is 22.7 Å². The molecule has 2 N–H and O–H groups in total. The van der Waals surface area contributed by atoms with Crippen LogP contribution in [0.4, 0.5) is 30.4 Å². The van der Waals surface area contributed by atoms with E-state index in [1.807, 2.05) is 0 Å². The number of nitrogens with one attached hydrogen (secondary N) is 2. The Labute approximate surface area is 204 Å². The molecule has 0 aliphatic carbocycles. The lowest BCUT2D eigenvalue weighted by atomic mass is 9.98. The highest BCUT2D eigenvalue weighted by atomic mass is 35.5. The largest absolute Gasteiger partial charge is 0.491 e. The van der Waals surface area contributed by atoms with E-state index >= 15 is 0 Å². The summed E-state index contributed by atoms with van der Waals surface area (Å²) in [6.45, 7) is 5.36. The number of benzene rings is 2. The van der Waals surface area contributed by atoms with Gasteiger partial charge in [0.2, 0.25) is 0 Å². The number of likely N-dealkylation sites (tertiary alicyclic amines) is 1. The molecule has 0 atom stereocenters. The fourth-order valence-electron chi connectivity index (χ4n) is 3.78. The zero-order chi connectivity index (χ0) is 25.1. The maximum atomic E-state index is 14.4. The standard InChI is InChI=1S/C24H23ClF3N5O2/c1-13(26)24(34)32-19-9-15-18(10-20(19)35-11-14-5-7-33(2)8-6-14)29-12-30-23(15)31-17-4-3-16(27)21(25)22(17)28/h3-4,9-10,12,14H,1,5-8,11H2,2H3,(H,32,34)(H,29,30,31). The van der Waals surface area contributed by atoms with Crippen molar-refractivity contribution in [2.75, 3.05) is 37.4 Å². The highest BCUT2D eigenvalue weighted by molar-refractivity contribution is 6.31. The van der Waals surface area contributed by atoms with Crippen LogP contribution in [0.25, 0.3) is 10.9 Å². The molecular formula is C24H23ClF3N5O2. The number of ether oxygens (including phenoxy) is 1. The van der Waals surface area contributed by atoms with Crippen LogP contribution in [-0.2, 0) is 4.79 Å². The van der Waals surface area contributed by atoms with Crippen LogP contribution in [0, 0.1) is 17.6 Å². The first-order valence-corrected chi connectivity index (χ1v) is 11.3. The third-order valence-corrected chi connectivity index (χ3v) is 6.18. The normalized spacial score (nSPS) is 14.7. The Balaban J connectivity index is 1.68. The van der Waals surface area contributed by atoms with Crippen LogP contribution in [0.3, 0.4) is 0 Å². The molecule has 0 saturated carbocycles. The van der Waals surface area contributed by atoms with E-state index in [0.29, 0.717) is 29.2 Å². The van der Waals surface area contributed by atoms with E-state index < -0.39 is 28.4 Å². The number of carbonyl (C=O) groups excluding carboxylic acids is 1. The van der Waals surface area contributed by atoms with E-state index in [0.717, 1.165) is 32.0 Å². The molecule has 1 amide bonds. The van der Waals surface area contributed by atoms with E-state index in [1.165, 1.54) is 18.5 Å². The van der Waals surface area contributed by atoms with Crippen molar-refractivity contribution in [1.82, 2.24) is 14.9 Å². The SMILES string of the molecule is C=C(F)C(=O)Nc1cc2c(Nc3ccc(F)c(Cl)c3F)ncnc2cc1OCC1CCN(C)CC1. The molecule has 11 heteroatoms. The monoisotopic (exact) mass is 505 g/mol. The van der Waals surface area contributed by atoms with E-state index in [9.17, 15) is 18.0 Å². The number of nitrogens with zero attached hydrogens (tertiary/aromatic N) is 3. The van der Waals surface area contributed by atoms with Gasteiger partial charge in [-0.25, -0.2) is 23.1 Å². The van der Waals surface area contributed by atoms with E-state index in [4.69, 9.17) is 16.3 Å². The van der Waals surface area contributed by atoms with Crippen LogP contribution in [0.1, 0.15) is 12.8 Å². The van der Waals surface area contributed by atoms with E-state index in [-0.39, 0.29) is 17.2 Å². The third kappa shape index (κ3) is 5.66. The second kappa shape index (κ2) is 10.5. The van der Waals surface area contributed by atoms with Gasteiger partial charge in [-0.15, -0.1) is 0 Å². The Hall–Kier alpha value is -3.37. The molecule has 1 aromatic heterocycles. The average molecular weight is 506 g/mol. The zero-order valence-electron chi connectivity index (χ0n) is 18.9. The number of fused-ring (bicyclic) bond motifs is 1. The molecule has 2 aromatic carbocycles. The molecule has 1 aliphatic rings. The first kappa shape index (κ1) is 24.7. The van der Waals surface area contributed by atoms with Gasteiger partial charge in [-0.1, -0.05) is 18.2 Å². The molecule has 0 spiro atoms. The van der Waals surface area contributed by atoms with Crippen LogP contribution < -0.4 is 15.4 Å². The molecule has 35 heavy (non-hydrogen) atoms. The number of piperidine rings is 1. The second-order valence-corrected chi connectivity index (χ2v) is 8.73. The zero-order valence-corrected chi connectivity index (χ0v) is 19.6. The van der Waals surface area contributed by atoms with Gasteiger partial charge in [0.25, 0.3) is 5.91 Å². The predicted molar refractivity (Wildman–Crippen MR) is 129 cm³/mol. The van der Waals surface area contributed by atoms with Crippen LogP contribution >= 0.6 is 11.6 Å². The summed E-state index contributed by atoms with van der Waals surface area (Å²) in [4.78, 5) is 22.7. The maximum Gasteiger partial charge on any atom is 0.283 e. The van der Waals surface area contributed by atoms with Crippen molar-refractivity contribution in [3.63, 3.8) is 0 Å².